The second-order valence-electron chi connectivity index (χ2n) is 4.00. The summed E-state index contributed by atoms with van der Waals surface area (Å²) in [5.74, 6) is 1.08. The Hall–Kier alpha value is -0.800. The summed E-state index contributed by atoms with van der Waals surface area (Å²) in [5, 5.41) is 0.559. The Bertz CT molecular complexity index is 314. The third-order valence-electron chi connectivity index (χ3n) is 2.65. The third-order valence-corrected chi connectivity index (χ3v) is 2.86. The quantitative estimate of drug-likeness (QED) is 0.640. The van der Waals surface area contributed by atoms with Crippen LogP contribution in [-0.2, 0) is 0 Å². The summed E-state index contributed by atoms with van der Waals surface area (Å²) in [7, 11) is 0. The van der Waals surface area contributed by atoms with Crippen LogP contribution >= 0.6 is 11.6 Å². The van der Waals surface area contributed by atoms with Gasteiger partial charge in [0.2, 0.25) is 0 Å². The summed E-state index contributed by atoms with van der Waals surface area (Å²) in [5.41, 5.74) is 5.75. The second kappa shape index (κ2) is 4.81. The summed E-state index contributed by atoms with van der Waals surface area (Å²) >= 11 is 5.99. The predicted octanol–water partition coefficient (Wildman–Crippen LogP) is 1.85. The van der Waals surface area contributed by atoms with E-state index in [9.17, 15) is 0 Å². The molecule has 2 aliphatic rings. The van der Waals surface area contributed by atoms with Gasteiger partial charge in [0.15, 0.2) is 0 Å². The molecule has 2 N–H and O–H groups in total. The lowest BCUT2D eigenvalue weighted by molar-refractivity contribution is 0.249. The molecular weight excluding hydrogens is 210 g/mol. The minimum absolute atomic E-state index is 0.307. The highest BCUT2D eigenvalue weighted by Crippen LogP contribution is 2.16. The van der Waals surface area contributed by atoms with Gasteiger partial charge in [-0.05, 0) is 18.9 Å². The van der Waals surface area contributed by atoms with E-state index in [0.29, 0.717) is 11.2 Å². The number of likely N-dealkylation sites (tertiary alicyclic amines) is 1. The van der Waals surface area contributed by atoms with Gasteiger partial charge in [-0.1, -0.05) is 23.8 Å². The first-order valence-corrected chi connectivity index (χ1v) is 5.74. The summed E-state index contributed by atoms with van der Waals surface area (Å²) in [6.07, 6.45) is 9.13. The Morgan fingerprint density at radius 3 is 3.00 bits per heavy atom. The molecule has 0 atom stereocenters. The molecule has 0 aromatic carbocycles. The van der Waals surface area contributed by atoms with E-state index in [1.807, 2.05) is 12.2 Å². The Balaban J connectivity index is 2.07. The predicted molar refractivity (Wildman–Crippen MR) is 63.9 cm³/mol. The molecule has 0 aromatic rings. The lowest BCUT2D eigenvalue weighted by Gasteiger charge is -2.39. The summed E-state index contributed by atoms with van der Waals surface area (Å²) in [6, 6.07) is 0.307. The van der Waals surface area contributed by atoms with Gasteiger partial charge in [-0.3, -0.25) is 0 Å². The van der Waals surface area contributed by atoms with Crippen molar-refractivity contribution in [3.63, 3.8) is 0 Å². The number of allylic oxidation sites excluding steroid dienone is 3. The highest BCUT2D eigenvalue weighted by atomic mass is 35.5. The molecule has 15 heavy (non-hydrogen) atoms. The van der Waals surface area contributed by atoms with Gasteiger partial charge in [-0.25, -0.2) is 4.99 Å². The monoisotopic (exact) mass is 225 g/mol. The van der Waals surface area contributed by atoms with Crippen molar-refractivity contribution in [2.75, 3.05) is 13.1 Å². The number of amidine groups is 1. The number of aliphatic imine (C=N–C) groups is 1. The molecular formula is C11H16ClN3. The van der Waals surface area contributed by atoms with E-state index in [1.165, 1.54) is 0 Å². The van der Waals surface area contributed by atoms with Crippen LogP contribution < -0.4 is 5.73 Å². The van der Waals surface area contributed by atoms with Crippen molar-refractivity contribution in [3.05, 3.63) is 23.4 Å². The van der Waals surface area contributed by atoms with Crippen molar-refractivity contribution in [1.29, 1.82) is 0 Å². The molecule has 0 radical (unpaired) electrons. The van der Waals surface area contributed by atoms with Crippen molar-refractivity contribution in [2.24, 2.45) is 10.7 Å². The van der Waals surface area contributed by atoms with Crippen molar-refractivity contribution in [2.45, 2.75) is 25.3 Å². The number of hydrogen-bond acceptors (Lipinski definition) is 3. The van der Waals surface area contributed by atoms with Crippen LogP contribution in [-0.4, -0.2) is 29.9 Å². The van der Waals surface area contributed by atoms with E-state index in [4.69, 9.17) is 17.3 Å². The third kappa shape index (κ3) is 2.83. The summed E-state index contributed by atoms with van der Waals surface area (Å²) in [6.45, 7) is 1.83. The van der Waals surface area contributed by atoms with Gasteiger partial charge in [-0.2, -0.15) is 0 Å². The van der Waals surface area contributed by atoms with Gasteiger partial charge in [0.1, 0.15) is 11.0 Å². The van der Waals surface area contributed by atoms with E-state index in [-0.39, 0.29) is 0 Å². The van der Waals surface area contributed by atoms with Crippen molar-refractivity contribution >= 4 is 17.4 Å². The summed E-state index contributed by atoms with van der Waals surface area (Å²) in [4.78, 5) is 6.63. The summed E-state index contributed by atoms with van der Waals surface area (Å²) < 4.78 is 0. The standard InChI is InChI=1S/C11H16ClN3/c12-10-5-3-1-2-4-6-11(14-10)15-7-9(13)8-15/h1,3,5,9H,2,4,6-8,13H2/b3-1-,10-5-,14-11?. The molecule has 1 saturated heterocycles. The van der Waals surface area contributed by atoms with E-state index >= 15 is 0 Å². The van der Waals surface area contributed by atoms with Crippen LogP contribution in [0.15, 0.2) is 28.4 Å². The number of nitrogens with two attached hydrogens (primary N) is 1. The zero-order chi connectivity index (χ0) is 10.7. The molecule has 0 aromatic heterocycles. The van der Waals surface area contributed by atoms with Gasteiger partial charge < -0.3 is 10.6 Å². The SMILES string of the molecule is NC1CN(C2=N/C(Cl)=C\C=C/CCC2)C1. The highest BCUT2D eigenvalue weighted by molar-refractivity contribution is 6.30. The Kier molecular flexibility index (Phi) is 3.44. The van der Waals surface area contributed by atoms with E-state index in [0.717, 1.165) is 38.2 Å². The average molecular weight is 226 g/mol. The zero-order valence-electron chi connectivity index (χ0n) is 8.69. The van der Waals surface area contributed by atoms with Crippen molar-refractivity contribution < 1.29 is 0 Å². The molecule has 2 rings (SSSR count). The molecule has 82 valence electrons. The highest BCUT2D eigenvalue weighted by Gasteiger charge is 2.25. The van der Waals surface area contributed by atoms with Crippen LogP contribution in [0.3, 0.4) is 0 Å². The number of nitrogens with zero attached hydrogens (tertiary/aromatic N) is 2. The Labute approximate surface area is 95.3 Å². The van der Waals surface area contributed by atoms with Crippen LogP contribution in [0.25, 0.3) is 0 Å². The van der Waals surface area contributed by atoms with E-state index < -0.39 is 0 Å². The second-order valence-corrected chi connectivity index (χ2v) is 4.39. The fraction of sp³-hybridized carbons (Fsp3) is 0.545. The van der Waals surface area contributed by atoms with E-state index in [1.54, 1.807) is 0 Å². The molecule has 0 spiro atoms. The van der Waals surface area contributed by atoms with E-state index in [2.05, 4.69) is 16.0 Å². The molecule has 3 nitrogen and oxygen atoms in total. The zero-order valence-corrected chi connectivity index (χ0v) is 9.45. The van der Waals surface area contributed by atoms with Crippen LogP contribution in [0.1, 0.15) is 19.3 Å². The van der Waals surface area contributed by atoms with Crippen molar-refractivity contribution in [3.8, 4) is 0 Å². The number of hydrogen-bond donors (Lipinski definition) is 1. The minimum atomic E-state index is 0.307. The number of rotatable bonds is 0. The van der Waals surface area contributed by atoms with Crippen LogP contribution in [0.4, 0.5) is 0 Å². The number of halogens is 1. The largest absolute Gasteiger partial charge is 0.357 e. The van der Waals surface area contributed by atoms with Gasteiger partial charge in [0, 0.05) is 25.6 Å². The molecule has 1 fully saturated rings. The lowest BCUT2D eigenvalue weighted by Crippen LogP contribution is -2.57. The van der Waals surface area contributed by atoms with Crippen molar-refractivity contribution in [1.82, 2.24) is 4.90 Å². The average Bonchev–Trinajstić information content (AvgIpc) is 2.25. The topological polar surface area (TPSA) is 41.6 Å². The lowest BCUT2D eigenvalue weighted by atomic mass is 10.1. The molecule has 4 heteroatoms. The normalized spacial score (nSPS) is 29.1. The van der Waals surface area contributed by atoms with Gasteiger partial charge in [0.25, 0.3) is 0 Å². The Morgan fingerprint density at radius 1 is 1.47 bits per heavy atom. The van der Waals surface area contributed by atoms with Crippen LogP contribution in [0, 0.1) is 0 Å². The first-order chi connectivity index (χ1) is 7.25. The first-order valence-electron chi connectivity index (χ1n) is 5.36. The maximum absolute atomic E-state index is 5.99. The van der Waals surface area contributed by atoms with Crippen LogP contribution in [0.2, 0.25) is 0 Å². The van der Waals surface area contributed by atoms with Gasteiger partial charge in [-0.15, -0.1) is 0 Å². The molecule has 0 amide bonds. The van der Waals surface area contributed by atoms with Gasteiger partial charge >= 0.3 is 0 Å². The fourth-order valence-electron chi connectivity index (χ4n) is 1.79. The molecule has 0 saturated carbocycles. The van der Waals surface area contributed by atoms with Gasteiger partial charge in [0.05, 0.1) is 0 Å². The minimum Gasteiger partial charge on any atom is -0.357 e. The Morgan fingerprint density at radius 2 is 2.27 bits per heavy atom. The molecule has 0 unspecified atom stereocenters. The maximum atomic E-state index is 5.99. The smallest absolute Gasteiger partial charge is 0.131 e. The fourth-order valence-corrected chi connectivity index (χ4v) is 1.96. The maximum Gasteiger partial charge on any atom is 0.131 e. The molecule has 2 heterocycles. The van der Waals surface area contributed by atoms with Crippen LogP contribution in [0.5, 0.6) is 0 Å². The molecule has 2 aliphatic heterocycles. The molecule has 0 aliphatic carbocycles. The molecule has 0 bridgehead atoms. The first kappa shape index (κ1) is 10.7.